The van der Waals surface area contributed by atoms with Crippen molar-refractivity contribution >= 4 is 18.0 Å². The molecule has 176 valence electrons. The zero-order valence-electron chi connectivity index (χ0n) is 19.4. The minimum absolute atomic E-state index is 0.0261. The number of likely N-dealkylation sites (N-methyl/N-ethyl adjacent to an activating group) is 1. The number of carboxylic acids is 1. The number of hydrogen-bond acceptors (Lipinski definition) is 4. The van der Waals surface area contributed by atoms with Gasteiger partial charge in [-0.15, -0.1) is 0 Å². The van der Waals surface area contributed by atoms with Crippen molar-refractivity contribution in [2.75, 3.05) is 13.7 Å². The Morgan fingerprint density at radius 2 is 1.64 bits per heavy atom. The molecule has 0 spiro atoms. The Bertz CT molecular complexity index is 960. The van der Waals surface area contributed by atoms with E-state index in [0.717, 1.165) is 35.1 Å². The third-order valence-corrected chi connectivity index (χ3v) is 6.32. The maximum atomic E-state index is 12.6. The lowest BCUT2D eigenvalue weighted by Crippen LogP contribution is -2.44. The van der Waals surface area contributed by atoms with E-state index in [2.05, 4.69) is 29.6 Å². The number of carbonyl (C=O) groups is 3. The van der Waals surface area contributed by atoms with Crippen LogP contribution in [-0.4, -0.2) is 53.7 Å². The van der Waals surface area contributed by atoms with Gasteiger partial charge in [-0.25, -0.2) is 9.59 Å². The number of fused-ring (bicyclic) bond motifs is 3. The summed E-state index contributed by atoms with van der Waals surface area (Å²) in [5, 5.41) is 12.0. The van der Waals surface area contributed by atoms with Gasteiger partial charge >= 0.3 is 12.1 Å². The molecule has 0 saturated carbocycles. The zero-order valence-corrected chi connectivity index (χ0v) is 19.4. The Morgan fingerprint density at radius 1 is 1.06 bits per heavy atom. The molecule has 0 heterocycles. The molecule has 0 unspecified atom stereocenters. The molecule has 1 aliphatic rings. The lowest BCUT2D eigenvalue weighted by atomic mass is 9.98. The van der Waals surface area contributed by atoms with Gasteiger partial charge in [0.1, 0.15) is 12.6 Å². The van der Waals surface area contributed by atoms with Crippen LogP contribution >= 0.6 is 0 Å². The number of amides is 2. The average molecular weight is 453 g/mol. The summed E-state index contributed by atoms with van der Waals surface area (Å²) < 4.78 is 5.61. The number of nitrogens with zero attached hydrogens (tertiary/aromatic N) is 1. The minimum atomic E-state index is -1.07. The molecular formula is C26H32N2O5. The van der Waals surface area contributed by atoms with E-state index in [1.54, 1.807) is 0 Å². The van der Waals surface area contributed by atoms with Crippen LogP contribution in [-0.2, 0) is 14.3 Å². The van der Waals surface area contributed by atoms with Crippen LogP contribution in [0.2, 0.25) is 0 Å². The number of ether oxygens (including phenoxy) is 1. The molecule has 1 aliphatic carbocycles. The third-order valence-electron chi connectivity index (χ3n) is 6.32. The van der Waals surface area contributed by atoms with Gasteiger partial charge < -0.3 is 20.1 Å². The molecule has 0 radical (unpaired) electrons. The van der Waals surface area contributed by atoms with Gasteiger partial charge in [-0.1, -0.05) is 68.3 Å². The van der Waals surface area contributed by atoms with Gasteiger partial charge in [0, 0.05) is 25.4 Å². The molecule has 7 heteroatoms. The summed E-state index contributed by atoms with van der Waals surface area (Å²) in [5.41, 5.74) is 4.58. The van der Waals surface area contributed by atoms with E-state index >= 15 is 0 Å². The summed E-state index contributed by atoms with van der Waals surface area (Å²) in [4.78, 5) is 37.6. The summed E-state index contributed by atoms with van der Waals surface area (Å²) in [5.74, 6) is -1.44. The van der Waals surface area contributed by atoms with Crippen molar-refractivity contribution in [2.24, 2.45) is 0 Å². The highest BCUT2D eigenvalue weighted by atomic mass is 16.5. The highest BCUT2D eigenvalue weighted by Gasteiger charge is 2.30. The standard InChI is InChI=1S/C26H32N2O5/c1-4-5-10-18(15-24(29)28(3)17(2)25(30)31)27-26(32)33-16-23-21-13-8-6-11-19(21)20-12-7-9-14-22(20)23/h6-9,11-14,17-18,23H,4-5,10,15-16H2,1-3H3,(H,27,32)(H,30,31)/t17-,18-/m0/s1. The highest BCUT2D eigenvalue weighted by molar-refractivity contribution is 5.84. The van der Waals surface area contributed by atoms with Gasteiger partial charge in [-0.2, -0.15) is 0 Å². The van der Waals surface area contributed by atoms with Crippen LogP contribution in [0.5, 0.6) is 0 Å². The minimum Gasteiger partial charge on any atom is -0.480 e. The fraction of sp³-hybridized carbons (Fsp3) is 0.423. The molecule has 2 aromatic rings. The molecule has 0 bridgehead atoms. The maximum Gasteiger partial charge on any atom is 0.407 e. The molecule has 33 heavy (non-hydrogen) atoms. The first-order valence-corrected chi connectivity index (χ1v) is 11.4. The Balaban J connectivity index is 1.63. The fourth-order valence-corrected chi connectivity index (χ4v) is 4.22. The second-order valence-corrected chi connectivity index (χ2v) is 8.53. The van der Waals surface area contributed by atoms with Crippen LogP contribution < -0.4 is 5.32 Å². The van der Waals surface area contributed by atoms with Crippen molar-refractivity contribution in [3.8, 4) is 11.1 Å². The van der Waals surface area contributed by atoms with Gasteiger partial charge in [-0.05, 0) is 35.6 Å². The second kappa shape index (κ2) is 11.0. The van der Waals surface area contributed by atoms with E-state index in [4.69, 9.17) is 9.84 Å². The molecule has 7 nitrogen and oxygen atoms in total. The Kier molecular flexibility index (Phi) is 8.09. The number of rotatable bonds is 10. The Morgan fingerprint density at radius 3 is 2.18 bits per heavy atom. The van der Waals surface area contributed by atoms with Gasteiger partial charge in [0.25, 0.3) is 0 Å². The number of carbonyl (C=O) groups excluding carboxylic acids is 2. The molecule has 2 atom stereocenters. The van der Waals surface area contributed by atoms with Gasteiger partial charge in [0.2, 0.25) is 5.91 Å². The van der Waals surface area contributed by atoms with Crippen molar-refractivity contribution in [1.29, 1.82) is 0 Å². The van der Waals surface area contributed by atoms with E-state index in [9.17, 15) is 14.4 Å². The van der Waals surface area contributed by atoms with Crippen molar-refractivity contribution < 1.29 is 24.2 Å². The first kappa shape index (κ1) is 24.3. The van der Waals surface area contributed by atoms with Crippen LogP contribution in [0.15, 0.2) is 48.5 Å². The summed E-state index contributed by atoms with van der Waals surface area (Å²) in [6.45, 7) is 3.69. The number of alkyl carbamates (subject to hydrolysis) is 1. The van der Waals surface area contributed by atoms with E-state index in [1.165, 1.54) is 18.9 Å². The number of unbranched alkanes of at least 4 members (excludes halogenated alkanes) is 1. The Labute approximate surface area is 194 Å². The van der Waals surface area contributed by atoms with Crippen LogP contribution in [0.4, 0.5) is 4.79 Å². The summed E-state index contributed by atoms with van der Waals surface area (Å²) in [6, 6.07) is 14.9. The van der Waals surface area contributed by atoms with Crippen LogP contribution in [0.3, 0.4) is 0 Å². The van der Waals surface area contributed by atoms with Crippen molar-refractivity contribution in [3.63, 3.8) is 0 Å². The SMILES string of the molecule is CCCC[C@@H](CC(=O)N(C)[C@@H](C)C(=O)O)NC(=O)OCC1c2ccccc2-c2ccccc21. The number of nitrogens with one attached hydrogen (secondary N) is 1. The van der Waals surface area contributed by atoms with E-state index in [1.807, 2.05) is 31.2 Å². The molecule has 2 aromatic carbocycles. The van der Waals surface area contributed by atoms with E-state index in [-0.39, 0.29) is 24.9 Å². The number of carboxylic acid groups (broad SMARTS) is 1. The molecule has 0 saturated heterocycles. The number of aliphatic carboxylic acids is 1. The van der Waals surface area contributed by atoms with Gasteiger partial charge in [0.15, 0.2) is 0 Å². The molecule has 0 aliphatic heterocycles. The third kappa shape index (κ3) is 5.72. The van der Waals surface area contributed by atoms with Gasteiger partial charge in [-0.3, -0.25) is 4.79 Å². The van der Waals surface area contributed by atoms with E-state index < -0.39 is 24.1 Å². The summed E-state index contributed by atoms with van der Waals surface area (Å²) in [7, 11) is 1.46. The molecule has 0 aromatic heterocycles. The van der Waals surface area contributed by atoms with Crippen molar-refractivity contribution in [1.82, 2.24) is 10.2 Å². The quantitative estimate of drug-likeness (QED) is 0.557. The molecule has 2 amide bonds. The lowest BCUT2D eigenvalue weighted by molar-refractivity contribution is -0.148. The predicted molar refractivity (Wildman–Crippen MR) is 126 cm³/mol. The topological polar surface area (TPSA) is 95.9 Å². The lowest BCUT2D eigenvalue weighted by Gasteiger charge is -2.25. The number of benzene rings is 2. The van der Waals surface area contributed by atoms with Crippen LogP contribution in [0.1, 0.15) is 56.6 Å². The predicted octanol–water partition coefficient (Wildman–Crippen LogP) is 4.41. The molecule has 3 rings (SSSR count). The molecule has 0 fully saturated rings. The van der Waals surface area contributed by atoms with Gasteiger partial charge in [0.05, 0.1) is 0 Å². The van der Waals surface area contributed by atoms with Crippen LogP contribution in [0.25, 0.3) is 11.1 Å². The average Bonchev–Trinajstić information content (AvgIpc) is 3.13. The van der Waals surface area contributed by atoms with Crippen molar-refractivity contribution in [2.45, 2.75) is 57.5 Å². The van der Waals surface area contributed by atoms with E-state index in [0.29, 0.717) is 6.42 Å². The molecule has 2 N–H and O–H groups in total. The normalized spacial score (nSPS) is 14.0. The smallest absolute Gasteiger partial charge is 0.407 e. The first-order valence-electron chi connectivity index (χ1n) is 11.4. The Hall–Kier alpha value is -3.35. The largest absolute Gasteiger partial charge is 0.480 e. The van der Waals surface area contributed by atoms with Crippen molar-refractivity contribution in [3.05, 3.63) is 59.7 Å². The summed E-state index contributed by atoms with van der Waals surface area (Å²) in [6.07, 6.45) is 1.82. The fourth-order valence-electron chi connectivity index (χ4n) is 4.22. The monoisotopic (exact) mass is 452 g/mol. The number of hydrogen-bond donors (Lipinski definition) is 2. The maximum absolute atomic E-state index is 12.6. The van der Waals surface area contributed by atoms with Crippen LogP contribution in [0, 0.1) is 0 Å². The first-order chi connectivity index (χ1) is 15.8. The second-order valence-electron chi connectivity index (χ2n) is 8.53. The molecular weight excluding hydrogens is 420 g/mol. The zero-order chi connectivity index (χ0) is 24.0. The summed E-state index contributed by atoms with van der Waals surface area (Å²) >= 11 is 0. The highest BCUT2D eigenvalue weighted by Crippen LogP contribution is 2.44.